The predicted molar refractivity (Wildman–Crippen MR) is 80.5 cm³/mol. The third kappa shape index (κ3) is 3.51. The van der Waals surface area contributed by atoms with Crippen LogP contribution in [0.1, 0.15) is 40.5 Å². The molecular formula is C16H20N2O4. The second-order valence-electron chi connectivity index (χ2n) is 5.33. The fourth-order valence-electron chi connectivity index (χ4n) is 2.48. The molecule has 1 atom stereocenters. The van der Waals surface area contributed by atoms with Crippen molar-refractivity contribution in [2.75, 3.05) is 20.3 Å². The zero-order valence-corrected chi connectivity index (χ0v) is 12.8. The number of benzene rings is 1. The topological polar surface area (TPSA) is 75.7 Å². The number of nitrogens with zero attached hydrogens (tertiary/aromatic N) is 1. The number of carbonyl (C=O) groups is 3. The molecular weight excluding hydrogens is 284 g/mol. The van der Waals surface area contributed by atoms with Gasteiger partial charge in [0.15, 0.2) is 0 Å². The lowest BCUT2D eigenvalue weighted by atomic mass is 10.1. The van der Waals surface area contributed by atoms with Crippen molar-refractivity contribution < 1.29 is 19.1 Å². The summed E-state index contributed by atoms with van der Waals surface area (Å²) in [7, 11) is 1.57. The molecule has 0 spiro atoms. The quantitative estimate of drug-likeness (QED) is 0.768. The van der Waals surface area contributed by atoms with E-state index in [9.17, 15) is 14.4 Å². The van der Waals surface area contributed by atoms with Crippen LogP contribution in [0, 0.1) is 0 Å². The van der Waals surface area contributed by atoms with Crippen LogP contribution in [-0.4, -0.2) is 48.9 Å². The van der Waals surface area contributed by atoms with Crippen molar-refractivity contribution in [2.24, 2.45) is 0 Å². The first-order valence-corrected chi connectivity index (χ1v) is 7.28. The molecule has 1 aromatic carbocycles. The molecule has 22 heavy (non-hydrogen) atoms. The number of imide groups is 1. The van der Waals surface area contributed by atoms with E-state index in [-0.39, 0.29) is 36.7 Å². The van der Waals surface area contributed by atoms with Crippen LogP contribution >= 0.6 is 0 Å². The molecule has 6 nitrogen and oxygen atoms in total. The van der Waals surface area contributed by atoms with E-state index in [1.807, 2.05) is 6.92 Å². The molecule has 1 N–H and O–H groups in total. The zero-order valence-electron chi connectivity index (χ0n) is 12.8. The third-order valence-corrected chi connectivity index (χ3v) is 3.49. The molecule has 1 aliphatic rings. The number of fused-ring (bicyclic) bond motifs is 1. The minimum absolute atomic E-state index is 0.0585. The van der Waals surface area contributed by atoms with Crippen LogP contribution < -0.4 is 5.32 Å². The third-order valence-electron chi connectivity index (χ3n) is 3.49. The van der Waals surface area contributed by atoms with Gasteiger partial charge in [0.25, 0.3) is 11.8 Å². The Morgan fingerprint density at radius 1 is 1.23 bits per heavy atom. The number of ether oxygens (including phenoxy) is 1. The number of carbonyl (C=O) groups excluding carboxylic acids is 3. The van der Waals surface area contributed by atoms with Crippen molar-refractivity contribution in [2.45, 2.75) is 25.8 Å². The average Bonchev–Trinajstić information content (AvgIpc) is 2.73. The number of hydrogen-bond acceptors (Lipinski definition) is 4. The van der Waals surface area contributed by atoms with Crippen LogP contribution in [0.25, 0.3) is 0 Å². The lowest BCUT2D eigenvalue weighted by Gasteiger charge is -2.15. The first-order valence-electron chi connectivity index (χ1n) is 7.28. The largest absolute Gasteiger partial charge is 0.383 e. The van der Waals surface area contributed by atoms with Crippen LogP contribution in [0.4, 0.5) is 0 Å². The van der Waals surface area contributed by atoms with Gasteiger partial charge in [-0.2, -0.15) is 0 Å². The van der Waals surface area contributed by atoms with E-state index < -0.39 is 0 Å². The number of rotatable bonds is 7. The summed E-state index contributed by atoms with van der Waals surface area (Å²) in [5.74, 6) is -0.677. The lowest BCUT2D eigenvalue weighted by Crippen LogP contribution is -2.36. The van der Waals surface area contributed by atoms with Crippen LogP contribution in [0.3, 0.4) is 0 Å². The summed E-state index contributed by atoms with van der Waals surface area (Å²) in [4.78, 5) is 37.2. The van der Waals surface area contributed by atoms with Gasteiger partial charge in [-0.05, 0) is 25.5 Å². The molecule has 0 unspecified atom stereocenters. The van der Waals surface area contributed by atoms with Gasteiger partial charge < -0.3 is 10.1 Å². The van der Waals surface area contributed by atoms with Gasteiger partial charge >= 0.3 is 0 Å². The average molecular weight is 304 g/mol. The molecule has 0 aromatic heterocycles. The summed E-state index contributed by atoms with van der Waals surface area (Å²) in [6, 6.07) is 6.71. The van der Waals surface area contributed by atoms with Crippen molar-refractivity contribution >= 4 is 17.7 Å². The lowest BCUT2D eigenvalue weighted by molar-refractivity contribution is -0.122. The highest BCUT2D eigenvalue weighted by atomic mass is 16.5. The van der Waals surface area contributed by atoms with Crippen LogP contribution in [0.2, 0.25) is 0 Å². The Hall–Kier alpha value is -2.21. The van der Waals surface area contributed by atoms with Crippen molar-refractivity contribution in [1.82, 2.24) is 10.2 Å². The van der Waals surface area contributed by atoms with E-state index in [1.165, 1.54) is 4.90 Å². The summed E-state index contributed by atoms with van der Waals surface area (Å²) >= 11 is 0. The van der Waals surface area contributed by atoms with E-state index in [0.717, 1.165) is 0 Å². The molecule has 0 aliphatic carbocycles. The van der Waals surface area contributed by atoms with E-state index in [0.29, 0.717) is 24.2 Å². The second-order valence-corrected chi connectivity index (χ2v) is 5.33. The smallest absolute Gasteiger partial charge is 0.261 e. The Morgan fingerprint density at radius 2 is 1.82 bits per heavy atom. The molecule has 1 heterocycles. The summed E-state index contributed by atoms with van der Waals surface area (Å²) in [6.07, 6.45) is 0.707. The first-order chi connectivity index (χ1) is 10.5. The molecule has 0 fully saturated rings. The van der Waals surface area contributed by atoms with Gasteiger partial charge in [-0.3, -0.25) is 19.3 Å². The van der Waals surface area contributed by atoms with Gasteiger partial charge in [0, 0.05) is 26.1 Å². The fourth-order valence-corrected chi connectivity index (χ4v) is 2.48. The number of nitrogens with one attached hydrogen (secondary N) is 1. The molecule has 2 rings (SSSR count). The number of hydrogen-bond donors (Lipinski definition) is 1. The zero-order chi connectivity index (χ0) is 16.1. The fraction of sp³-hybridized carbons (Fsp3) is 0.438. The van der Waals surface area contributed by atoms with E-state index in [1.54, 1.807) is 31.4 Å². The highest BCUT2D eigenvalue weighted by molar-refractivity contribution is 6.21. The van der Waals surface area contributed by atoms with E-state index >= 15 is 0 Å². The second kappa shape index (κ2) is 7.17. The number of amides is 3. The molecule has 0 saturated carbocycles. The van der Waals surface area contributed by atoms with Crippen LogP contribution in [-0.2, 0) is 9.53 Å². The maximum Gasteiger partial charge on any atom is 0.261 e. The van der Waals surface area contributed by atoms with Crippen molar-refractivity contribution in [1.29, 1.82) is 0 Å². The van der Waals surface area contributed by atoms with Gasteiger partial charge in [-0.25, -0.2) is 0 Å². The van der Waals surface area contributed by atoms with Crippen molar-refractivity contribution in [3.05, 3.63) is 35.4 Å². The Morgan fingerprint density at radius 3 is 2.36 bits per heavy atom. The Kier molecular flexibility index (Phi) is 5.27. The number of methoxy groups -OCH3 is 1. The monoisotopic (exact) mass is 304 g/mol. The molecule has 1 aromatic rings. The first kappa shape index (κ1) is 16.2. The highest BCUT2D eigenvalue weighted by Crippen LogP contribution is 2.22. The van der Waals surface area contributed by atoms with Crippen LogP contribution in [0.15, 0.2) is 24.3 Å². The highest BCUT2D eigenvalue weighted by Gasteiger charge is 2.34. The summed E-state index contributed by atoms with van der Waals surface area (Å²) in [5.41, 5.74) is 0.872. The van der Waals surface area contributed by atoms with Gasteiger partial charge in [0.1, 0.15) is 0 Å². The molecule has 0 saturated heterocycles. The molecule has 3 amide bonds. The van der Waals surface area contributed by atoms with E-state index in [4.69, 9.17) is 4.74 Å². The van der Waals surface area contributed by atoms with E-state index in [2.05, 4.69) is 5.32 Å². The summed E-state index contributed by atoms with van der Waals surface area (Å²) in [5, 5.41) is 2.79. The molecule has 6 heteroatoms. The summed E-state index contributed by atoms with van der Waals surface area (Å²) in [6.45, 7) is 2.55. The molecule has 0 radical (unpaired) electrons. The Bertz CT molecular complexity index is 550. The molecule has 1 aliphatic heterocycles. The van der Waals surface area contributed by atoms with Gasteiger partial charge in [0.05, 0.1) is 17.7 Å². The minimum Gasteiger partial charge on any atom is -0.383 e. The standard InChI is InChI=1S/C16H20N2O4/c1-11(10-22-2)17-14(19)8-5-9-18-15(20)12-6-3-4-7-13(12)16(18)21/h3-4,6-7,11H,5,8-10H2,1-2H3,(H,17,19)/t11-/m0/s1. The maximum atomic E-state index is 12.1. The molecule has 118 valence electrons. The molecule has 0 bridgehead atoms. The van der Waals surface area contributed by atoms with Crippen molar-refractivity contribution in [3.63, 3.8) is 0 Å². The maximum absolute atomic E-state index is 12.1. The minimum atomic E-state index is -0.284. The normalized spacial score (nSPS) is 14.9. The van der Waals surface area contributed by atoms with Crippen LogP contribution in [0.5, 0.6) is 0 Å². The van der Waals surface area contributed by atoms with Gasteiger partial charge in [-0.1, -0.05) is 12.1 Å². The Balaban J connectivity index is 1.83. The summed E-state index contributed by atoms with van der Waals surface area (Å²) < 4.78 is 4.94. The predicted octanol–water partition coefficient (Wildman–Crippen LogP) is 1.21. The van der Waals surface area contributed by atoms with Gasteiger partial charge in [0.2, 0.25) is 5.91 Å². The Labute approximate surface area is 129 Å². The van der Waals surface area contributed by atoms with Crippen molar-refractivity contribution in [3.8, 4) is 0 Å². The SMILES string of the molecule is COC[C@H](C)NC(=O)CCCN1C(=O)c2ccccc2C1=O. The van der Waals surface area contributed by atoms with Gasteiger partial charge in [-0.15, -0.1) is 0 Å².